The number of carbonyl (C=O) groups excluding carboxylic acids is 1. The van der Waals surface area contributed by atoms with Crippen LogP contribution in [0.5, 0.6) is 0 Å². The van der Waals surface area contributed by atoms with Crippen LogP contribution in [0.1, 0.15) is 46.8 Å². The van der Waals surface area contributed by atoms with E-state index < -0.39 is 0 Å². The predicted octanol–water partition coefficient (Wildman–Crippen LogP) is 2.08. The normalized spacial score (nSPS) is 14.1. The molecule has 23 heavy (non-hydrogen) atoms. The summed E-state index contributed by atoms with van der Waals surface area (Å²) >= 11 is 0. The van der Waals surface area contributed by atoms with E-state index in [4.69, 9.17) is 4.74 Å². The molecule has 6 heteroatoms. The number of hydrogen-bond acceptors (Lipinski definition) is 4. The molecular weight excluding hydrogens is 292 g/mol. The van der Waals surface area contributed by atoms with Crippen LogP contribution in [0.2, 0.25) is 0 Å². The summed E-state index contributed by atoms with van der Waals surface area (Å²) in [7, 11) is 1.65. The van der Waals surface area contributed by atoms with Gasteiger partial charge in [0.1, 0.15) is 5.82 Å². The van der Waals surface area contributed by atoms with Crippen LogP contribution in [0.4, 0.5) is 0 Å². The van der Waals surface area contributed by atoms with Gasteiger partial charge in [0, 0.05) is 25.6 Å². The van der Waals surface area contributed by atoms with Crippen molar-refractivity contribution in [2.24, 2.45) is 0 Å². The van der Waals surface area contributed by atoms with E-state index in [1.807, 2.05) is 24.3 Å². The molecule has 1 aliphatic rings. The van der Waals surface area contributed by atoms with E-state index in [1.54, 1.807) is 7.11 Å². The fourth-order valence-corrected chi connectivity index (χ4v) is 2.86. The molecule has 0 fully saturated rings. The summed E-state index contributed by atoms with van der Waals surface area (Å²) in [6.45, 7) is 1.90. The fourth-order valence-electron chi connectivity index (χ4n) is 2.86. The number of fused-ring (bicyclic) bond motifs is 1. The average molecular weight is 314 g/mol. The molecule has 1 N–H and O–H groups in total. The lowest BCUT2D eigenvalue weighted by Crippen LogP contribution is -2.25. The number of benzene rings is 1. The first-order chi connectivity index (χ1) is 11.3. The molecule has 0 spiro atoms. The van der Waals surface area contributed by atoms with Crippen molar-refractivity contribution >= 4 is 5.91 Å². The molecule has 0 radical (unpaired) electrons. The number of nitrogens with one attached hydrogen (secondary N) is 1. The lowest BCUT2D eigenvalue weighted by Gasteiger charge is -2.08. The highest BCUT2D eigenvalue weighted by atomic mass is 16.5. The quantitative estimate of drug-likeness (QED) is 0.917. The number of hydrogen-bond donors (Lipinski definition) is 1. The van der Waals surface area contributed by atoms with Crippen LogP contribution in [0.15, 0.2) is 24.3 Å². The maximum Gasteiger partial charge on any atom is 0.251 e. The zero-order chi connectivity index (χ0) is 16.1. The Labute approximate surface area is 135 Å². The number of methoxy groups -OCH3 is 1. The number of aryl methyl sites for hydroxylation is 1. The summed E-state index contributed by atoms with van der Waals surface area (Å²) < 4.78 is 7.22. The SMILES string of the molecule is COCc1ccc(C(=O)NCc2nnc3n2CCCCC3)cc1. The molecule has 1 aliphatic heterocycles. The molecule has 0 atom stereocenters. The molecule has 0 aliphatic carbocycles. The number of ether oxygens (including phenoxy) is 1. The Kier molecular flexibility index (Phi) is 5.02. The van der Waals surface area contributed by atoms with Crippen LogP contribution >= 0.6 is 0 Å². The van der Waals surface area contributed by atoms with E-state index in [1.165, 1.54) is 6.42 Å². The first-order valence-electron chi connectivity index (χ1n) is 8.05. The van der Waals surface area contributed by atoms with Gasteiger partial charge < -0.3 is 14.6 Å². The maximum atomic E-state index is 12.2. The minimum atomic E-state index is -0.0973. The first-order valence-corrected chi connectivity index (χ1v) is 8.05. The fraction of sp³-hybridized carbons (Fsp3) is 0.471. The van der Waals surface area contributed by atoms with Crippen molar-refractivity contribution in [1.29, 1.82) is 0 Å². The summed E-state index contributed by atoms with van der Waals surface area (Å²) in [6, 6.07) is 7.44. The summed E-state index contributed by atoms with van der Waals surface area (Å²) in [5.74, 6) is 1.78. The van der Waals surface area contributed by atoms with Gasteiger partial charge in [-0.05, 0) is 30.5 Å². The molecule has 6 nitrogen and oxygen atoms in total. The van der Waals surface area contributed by atoms with Gasteiger partial charge in [-0.1, -0.05) is 18.6 Å². The van der Waals surface area contributed by atoms with Crippen molar-refractivity contribution in [1.82, 2.24) is 20.1 Å². The molecule has 1 aromatic carbocycles. The van der Waals surface area contributed by atoms with Crippen LogP contribution in [-0.2, 0) is 30.9 Å². The second kappa shape index (κ2) is 7.37. The van der Waals surface area contributed by atoms with E-state index in [0.717, 1.165) is 43.0 Å². The molecule has 2 aromatic rings. The minimum absolute atomic E-state index is 0.0973. The third kappa shape index (κ3) is 3.76. The van der Waals surface area contributed by atoms with Gasteiger partial charge in [0.25, 0.3) is 5.91 Å². The molecule has 3 rings (SSSR count). The smallest absolute Gasteiger partial charge is 0.251 e. The Bertz CT molecular complexity index is 664. The molecule has 0 bridgehead atoms. The van der Waals surface area contributed by atoms with Crippen molar-refractivity contribution in [3.63, 3.8) is 0 Å². The zero-order valence-corrected chi connectivity index (χ0v) is 13.4. The van der Waals surface area contributed by atoms with E-state index in [0.29, 0.717) is 18.7 Å². The number of rotatable bonds is 5. The van der Waals surface area contributed by atoms with Crippen LogP contribution in [0, 0.1) is 0 Å². The minimum Gasteiger partial charge on any atom is -0.380 e. The molecule has 0 saturated heterocycles. The Morgan fingerprint density at radius 3 is 2.83 bits per heavy atom. The number of carbonyl (C=O) groups is 1. The van der Waals surface area contributed by atoms with Crippen LogP contribution < -0.4 is 5.32 Å². The Morgan fingerprint density at radius 2 is 2.04 bits per heavy atom. The predicted molar refractivity (Wildman–Crippen MR) is 85.9 cm³/mol. The van der Waals surface area contributed by atoms with Crippen molar-refractivity contribution in [2.45, 2.75) is 45.4 Å². The van der Waals surface area contributed by atoms with Crippen LogP contribution in [-0.4, -0.2) is 27.8 Å². The summed E-state index contributed by atoms with van der Waals surface area (Å²) in [5, 5.41) is 11.4. The Balaban J connectivity index is 1.62. The third-order valence-corrected chi connectivity index (χ3v) is 4.12. The summed E-state index contributed by atoms with van der Waals surface area (Å²) in [4.78, 5) is 12.2. The summed E-state index contributed by atoms with van der Waals surface area (Å²) in [6.07, 6.45) is 4.51. The molecule has 1 amide bonds. The molecule has 2 heterocycles. The highest BCUT2D eigenvalue weighted by molar-refractivity contribution is 5.94. The maximum absolute atomic E-state index is 12.2. The van der Waals surface area contributed by atoms with E-state index in [9.17, 15) is 4.79 Å². The highest BCUT2D eigenvalue weighted by Gasteiger charge is 2.15. The standard InChI is InChI=1S/C17H22N4O2/c1-23-12-13-6-8-14(9-7-13)17(22)18-11-16-20-19-15-5-3-2-4-10-21(15)16/h6-9H,2-5,10-12H2,1H3,(H,18,22). The van der Waals surface area contributed by atoms with Gasteiger partial charge in [0.15, 0.2) is 5.82 Å². The summed E-state index contributed by atoms with van der Waals surface area (Å²) in [5.41, 5.74) is 1.69. The Hall–Kier alpha value is -2.21. The molecule has 0 saturated carbocycles. The average Bonchev–Trinajstić information content (AvgIpc) is 2.80. The van der Waals surface area contributed by atoms with Gasteiger partial charge in [-0.15, -0.1) is 10.2 Å². The monoisotopic (exact) mass is 314 g/mol. The van der Waals surface area contributed by atoms with E-state index in [2.05, 4.69) is 20.1 Å². The van der Waals surface area contributed by atoms with Gasteiger partial charge in [0.2, 0.25) is 0 Å². The van der Waals surface area contributed by atoms with Gasteiger partial charge in [-0.3, -0.25) is 4.79 Å². The zero-order valence-electron chi connectivity index (χ0n) is 13.4. The molecule has 1 aromatic heterocycles. The van der Waals surface area contributed by atoms with Crippen molar-refractivity contribution in [3.8, 4) is 0 Å². The highest BCUT2D eigenvalue weighted by Crippen LogP contribution is 2.14. The lowest BCUT2D eigenvalue weighted by atomic mass is 10.1. The van der Waals surface area contributed by atoms with Gasteiger partial charge >= 0.3 is 0 Å². The van der Waals surface area contributed by atoms with Crippen molar-refractivity contribution in [2.75, 3.05) is 7.11 Å². The second-order valence-corrected chi connectivity index (χ2v) is 5.81. The van der Waals surface area contributed by atoms with E-state index in [-0.39, 0.29) is 5.91 Å². The molecule has 0 unspecified atom stereocenters. The Morgan fingerprint density at radius 1 is 1.22 bits per heavy atom. The number of nitrogens with zero attached hydrogens (tertiary/aromatic N) is 3. The van der Waals surface area contributed by atoms with Crippen molar-refractivity contribution < 1.29 is 9.53 Å². The van der Waals surface area contributed by atoms with Crippen molar-refractivity contribution in [3.05, 3.63) is 47.0 Å². The molecular formula is C17H22N4O2. The largest absolute Gasteiger partial charge is 0.380 e. The third-order valence-electron chi connectivity index (χ3n) is 4.12. The molecule has 122 valence electrons. The van der Waals surface area contributed by atoms with Gasteiger partial charge in [-0.25, -0.2) is 0 Å². The lowest BCUT2D eigenvalue weighted by molar-refractivity contribution is 0.0949. The second-order valence-electron chi connectivity index (χ2n) is 5.81. The topological polar surface area (TPSA) is 69.0 Å². The number of aromatic nitrogens is 3. The van der Waals surface area contributed by atoms with Crippen LogP contribution in [0.25, 0.3) is 0 Å². The number of amides is 1. The van der Waals surface area contributed by atoms with Crippen LogP contribution in [0.3, 0.4) is 0 Å². The van der Waals surface area contributed by atoms with E-state index >= 15 is 0 Å². The first kappa shape index (κ1) is 15.7. The van der Waals surface area contributed by atoms with Gasteiger partial charge in [0.05, 0.1) is 13.2 Å². The van der Waals surface area contributed by atoms with Gasteiger partial charge in [-0.2, -0.15) is 0 Å².